The van der Waals surface area contributed by atoms with E-state index in [0.29, 0.717) is 0 Å². The van der Waals surface area contributed by atoms with Gasteiger partial charge in [-0.2, -0.15) is 0 Å². The van der Waals surface area contributed by atoms with E-state index in [9.17, 15) is 0 Å². The fourth-order valence-corrected chi connectivity index (χ4v) is 0. The molecule has 0 saturated carbocycles. The molecule has 0 aliphatic rings. The summed E-state index contributed by atoms with van der Waals surface area (Å²) >= 11 is 0. The normalized spacial score (nSPS) is 3.00. The Labute approximate surface area is 63.7 Å². The fraction of sp³-hybridized carbons (Fsp3) is 0.500. The van der Waals surface area contributed by atoms with E-state index >= 15 is 0 Å². The van der Waals surface area contributed by atoms with E-state index in [1.807, 2.05) is 0 Å². The van der Waals surface area contributed by atoms with Gasteiger partial charge in [0.2, 0.25) is 0 Å². The van der Waals surface area contributed by atoms with Gasteiger partial charge in [-0.05, 0) is 0 Å². The third-order valence-electron chi connectivity index (χ3n) is 0. The molecule has 0 heterocycles. The summed E-state index contributed by atoms with van der Waals surface area (Å²) in [4.78, 5) is 0. The van der Waals surface area contributed by atoms with Gasteiger partial charge >= 0.3 is 26.2 Å². The smallest absolute Gasteiger partial charge is 0.358 e. The molecule has 0 nitrogen and oxygen atoms in total. The third-order valence-corrected chi connectivity index (χ3v) is 0. The van der Waals surface area contributed by atoms with Crippen molar-refractivity contribution in [2.24, 2.45) is 0 Å². The van der Waals surface area contributed by atoms with Crippen LogP contribution < -0.4 is 0 Å². The number of hydrogen-bond acceptors (Lipinski definition) is 0. The minimum atomic E-state index is 0. The van der Waals surface area contributed by atoms with Crippen molar-refractivity contribution in [1.82, 2.24) is 0 Å². The summed E-state index contributed by atoms with van der Waals surface area (Å²) in [7, 11) is 0.750. The molecule has 0 bridgehead atoms. The van der Waals surface area contributed by atoms with Gasteiger partial charge in [0, 0.05) is 9.52 Å². The summed E-state index contributed by atoms with van der Waals surface area (Å²) in [6, 6.07) is 0. The quantitative estimate of drug-likeness (QED) is 0.391. The van der Waals surface area contributed by atoms with E-state index in [0.717, 1.165) is 9.52 Å². The minimum Gasteiger partial charge on any atom is -0.358 e. The van der Waals surface area contributed by atoms with Crippen molar-refractivity contribution in [1.29, 1.82) is 0 Å². The van der Waals surface area contributed by atoms with E-state index < -0.39 is 0 Å². The van der Waals surface area contributed by atoms with Gasteiger partial charge < -0.3 is 14.9 Å². The van der Waals surface area contributed by atoms with Crippen LogP contribution in [0.3, 0.4) is 0 Å². The molecule has 0 fully saturated rings. The third kappa shape index (κ3) is 70.9. The van der Waals surface area contributed by atoms with E-state index in [4.69, 9.17) is 0 Å². The molecule has 0 aromatic heterocycles. The van der Waals surface area contributed by atoms with Crippen LogP contribution in [0.1, 0.15) is 0 Å². The summed E-state index contributed by atoms with van der Waals surface area (Å²) in [5.74, 6) is 0. The van der Waals surface area contributed by atoms with Crippen molar-refractivity contribution in [2.75, 3.05) is 0 Å². The average molecular weight is 180 g/mol. The molecule has 2 heteroatoms. The summed E-state index contributed by atoms with van der Waals surface area (Å²) in [6.07, 6.45) is 0. The van der Waals surface area contributed by atoms with Gasteiger partial charge in [-0.1, -0.05) is 13.1 Å². The Hall–Kier alpha value is 1.10. The van der Waals surface area contributed by atoms with Crippen LogP contribution >= 0.6 is 0 Å². The van der Waals surface area contributed by atoms with Crippen molar-refractivity contribution >= 4 is 9.52 Å². The van der Waals surface area contributed by atoms with Crippen LogP contribution in [0.4, 0.5) is 0 Å². The molecular formula is C4H13SiZr. The van der Waals surface area contributed by atoms with Crippen LogP contribution in [0.15, 0.2) is 0 Å². The Morgan fingerprint density at radius 1 is 1.00 bits per heavy atom. The molecule has 0 amide bonds. The second-order valence-electron chi connectivity index (χ2n) is 0.577. The Kier molecular flexibility index (Phi) is 165. The van der Waals surface area contributed by atoms with Crippen LogP contribution in [-0.2, 0) is 26.2 Å². The molecule has 37 valence electrons. The van der Waals surface area contributed by atoms with Crippen LogP contribution in [0.2, 0.25) is 13.1 Å². The van der Waals surface area contributed by atoms with Crippen molar-refractivity contribution in [2.45, 2.75) is 13.1 Å². The molecule has 0 aromatic rings. The summed E-state index contributed by atoms with van der Waals surface area (Å²) in [5.41, 5.74) is 0. The number of hydrogen-bond donors (Lipinski definition) is 0. The molecule has 0 rings (SSSR count). The topological polar surface area (TPSA) is 0 Å². The second kappa shape index (κ2) is 36.0. The van der Waals surface area contributed by atoms with Crippen LogP contribution in [0, 0.1) is 14.9 Å². The number of rotatable bonds is 0. The van der Waals surface area contributed by atoms with Gasteiger partial charge in [0.15, 0.2) is 0 Å². The van der Waals surface area contributed by atoms with Gasteiger partial charge in [0.1, 0.15) is 0 Å². The van der Waals surface area contributed by atoms with E-state index in [-0.39, 0.29) is 41.1 Å². The van der Waals surface area contributed by atoms with Crippen molar-refractivity contribution in [3.63, 3.8) is 0 Å². The first-order valence-electron chi connectivity index (χ1n) is 1.15. The standard InChI is InChI=1S/C2H7Si.2CH3.Zr/c1-3-2;;;/h3H,1-2H3;2*1H3;/q;2*-1;+2. The minimum absolute atomic E-state index is 0. The molecule has 0 atom stereocenters. The predicted molar refractivity (Wildman–Crippen MR) is 31.7 cm³/mol. The molecule has 6 heavy (non-hydrogen) atoms. The maximum Gasteiger partial charge on any atom is 2.00 e. The van der Waals surface area contributed by atoms with Gasteiger partial charge in [-0.15, -0.1) is 0 Å². The summed E-state index contributed by atoms with van der Waals surface area (Å²) in [6.45, 7) is 4.42. The van der Waals surface area contributed by atoms with E-state index in [2.05, 4.69) is 13.1 Å². The molecule has 0 N–H and O–H groups in total. The maximum absolute atomic E-state index is 2.21. The molecule has 0 aromatic carbocycles. The Balaban J connectivity index is -0.00000000667. The van der Waals surface area contributed by atoms with Crippen LogP contribution in [0.5, 0.6) is 0 Å². The first kappa shape index (κ1) is 27.5. The zero-order valence-electron chi connectivity index (χ0n) is 5.08. The van der Waals surface area contributed by atoms with Crippen LogP contribution in [-0.4, -0.2) is 9.52 Å². The van der Waals surface area contributed by atoms with Gasteiger partial charge in [0.05, 0.1) is 0 Å². The van der Waals surface area contributed by atoms with Crippen LogP contribution in [0.25, 0.3) is 0 Å². The zero-order chi connectivity index (χ0) is 2.71. The van der Waals surface area contributed by atoms with E-state index in [1.165, 1.54) is 0 Å². The van der Waals surface area contributed by atoms with Gasteiger partial charge in [-0.25, -0.2) is 0 Å². The Bertz CT molecular complexity index is 7.51. The zero-order valence-corrected chi connectivity index (χ0v) is 8.69. The van der Waals surface area contributed by atoms with Crippen molar-refractivity contribution < 1.29 is 26.2 Å². The van der Waals surface area contributed by atoms with E-state index in [1.54, 1.807) is 0 Å². The first-order chi connectivity index (χ1) is 1.41. The first-order valence-corrected chi connectivity index (χ1v) is 3.46. The Morgan fingerprint density at radius 2 is 1.00 bits per heavy atom. The average Bonchev–Trinajstić information content (AvgIpc) is 0.918. The molecule has 0 saturated heterocycles. The SMILES string of the molecule is C[SiH]C.[CH3-].[CH3-].[Zr+2]. The molecule has 0 aliphatic carbocycles. The fourth-order valence-electron chi connectivity index (χ4n) is 0. The van der Waals surface area contributed by atoms with Crippen molar-refractivity contribution in [3.8, 4) is 0 Å². The Morgan fingerprint density at radius 3 is 1.00 bits per heavy atom. The maximum atomic E-state index is 2.21. The predicted octanol–water partition coefficient (Wildman–Crippen LogP) is 1.42. The molecule has 1 radical (unpaired) electrons. The van der Waals surface area contributed by atoms with Gasteiger partial charge in [0.25, 0.3) is 0 Å². The largest absolute Gasteiger partial charge is 2.00 e. The van der Waals surface area contributed by atoms with Gasteiger partial charge in [-0.3, -0.25) is 0 Å². The second-order valence-corrected chi connectivity index (χ2v) is 1.73. The summed E-state index contributed by atoms with van der Waals surface area (Å²) in [5, 5.41) is 0. The molecular weight excluding hydrogens is 167 g/mol. The molecule has 0 spiro atoms. The molecule has 0 unspecified atom stereocenters. The summed E-state index contributed by atoms with van der Waals surface area (Å²) < 4.78 is 0. The monoisotopic (exact) mass is 179 g/mol. The van der Waals surface area contributed by atoms with Crippen molar-refractivity contribution in [3.05, 3.63) is 14.9 Å². The molecule has 0 aliphatic heterocycles.